The Bertz CT molecular complexity index is 630. The highest BCUT2D eigenvalue weighted by atomic mass is 32.2. The maximum atomic E-state index is 5.60. The van der Waals surface area contributed by atoms with E-state index in [0.29, 0.717) is 13.2 Å². The van der Waals surface area contributed by atoms with Crippen molar-refractivity contribution >= 4 is 29.3 Å². The SMILES string of the molecule is CNc1cc(Sc2ccc3c(c2)OCCO3)nc(SC)n1. The van der Waals surface area contributed by atoms with Crippen molar-refractivity contribution in [1.29, 1.82) is 0 Å². The van der Waals surface area contributed by atoms with E-state index in [4.69, 9.17) is 9.47 Å². The summed E-state index contributed by atoms with van der Waals surface area (Å²) >= 11 is 3.11. The Morgan fingerprint density at radius 1 is 1.10 bits per heavy atom. The van der Waals surface area contributed by atoms with E-state index in [-0.39, 0.29) is 0 Å². The average molecular weight is 321 g/mol. The van der Waals surface area contributed by atoms with Crippen LogP contribution in [0.15, 0.2) is 39.3 Å². The van der Waals surface area contributed by atoms with Crippen LogP contribution in [0.5, 0.6) is 11.5 Å². The standard InChI is InChI=1S/C14H15N3O2S2/c1-15-12-8-13(17-14(16-12)20-2)21-9-3-4-10-11(7-9)19-6-5-18-10/h3-4,7-8H,5-6H2,1-2H3,(H,15,16,17). The number of benzene rings is 1. The minimum atomic E-state index is 0.592. The molecule has 2 heterocycles. The van der Waals surface area contributed by atoms with Crippen LogP contribution in [0.25, 0.3) is 0 Å². The zero-order valence-corrected chi connectivity index (χ0v) is 13.4. The van der Waals surface area contributed by atoms with Gasteiger partial charge in [-0.15, -0.1) is 0 Å². The molecule has 0 amide bonds. The van der Waals surface area contributed by atoms with Crippen LogP contribution in [0.1, 0.15) is 0 Å². The molecule has 1 aliphatic rings. The number of nitrogens with zero attached hydrogens (tertiary/aromatic N) is 2. The quantitative estimate of drug-likeness (QED) is 0.527. The summed E-state index contributed by atoms with van der Waals surface area (Å²) < 4.78 is 11.1. The number of ether oxygens (including phenoxy) is 2. The molecule has 1 aromatic carbocycles. The summed E-state index contributed by atoms with van der Waals surface area (Å²) in [5.74, 6) is 2.41. The van der Waals surface area contributed by atoms with E-state index in [9.17, 15) is 0 Å². The largest absolute Gasteiger partial charge is 0.486 e. The number of anilines is 1. The molecule has 110 valence electrons. The van der Waals surface area contributed by atoms with Gasteiger partial charge in [-0.25, -0.2) is 9.97 Å². The Kier molecular flexibility index (Phi) is 4.40. The highest BCUT2D eigenvalue weighted by molar-refractivity contribution is 7.99. The summed E-state index contributed by atoms with van der Waals surface area (Å²) in [7, 11) is 1.85. The third-order valence-corrected chi connectivity index (χ3v) is 4.31. The summed E-state index contributed by atoms with van der Waals surface area (Å²) in [6.07, 6.45) is 1.97. The Hall–Kier alpha value is -1.60. The van der Waals surface area contributed by atoms with Crippen molar-refractivity contribution in [3.63, 3.8) is 0 Å². The van der Waals surface area contributed by atoms with Gasteiger partial charge in [-0.3, -0.25) is 0 Å². The second-order valence-electron chi connectivity index (χ2n) is 4.24. The van der Waals surface area contributed by atoms with E-state index >= 15 is 0 Å². The molecule has 21 heavy (non-hydrogen) atoms. The zero-order chi connectivity index (χ0) is 14.7. The lowest BCUT2D eigenvalue weighted by Crippen LogP contribution is -2.15. The van der Waals surface area contributed by atoms with E-state index in [0.717, 1.165) is 32.4 Å². The molecule has 0 aliphatic carbocycles. The van der Waals surface area contributed by atoms with E-state index in [2.05, 4.69) is 15.3 Å². The van der Waals surface area contributed by atoms with Gasteiger partial charge in [-0.1, -0.05) is 23.5 Å². The fraction of sp³-hybridized carbons (Fsp3) is 0.286. The van der Waals surface area contributed by atoms with E-state index in [1.165, 1.54) is 11.8 Å². The molecule has 0 radical (unpaired) electrons. The molecule has 0 bridgehead atoms. The number of rotatable bonds is 4. The maximum absolute atomic E-state index is 5.60. The molecule has 3 rings (SSSR count). The van der Waals surface area contributed by atoms with Crippen molar-refractivity contribution in [2.75, 3.05) is 31.8 Å². The topological polar surface area (TPSA) is 56.3 Å². The second-order valence-corrected chi connectivity index (χ2v) is 6.10. The number of thioether (sulfide) groups is 1. The third kappa shape index (κ3) is 3.36. The van der Waals surface area contributed by atoms with E-state index < -0.39 is 0 Å². The van der Waals surface area contributed by atoms with Crippen LogP contribution >= 0.6 is 23.5 Å². The van der Waals surface area contributed by atoms with Crippen LogP contribution in [0, 0.1) is 0 Å². The van der Waals surface area contributed by atoms with Crippen molar-refractivity contribution in [2.24, 2.45) is 0 Å². The predicted molar refractivity (Wildman–Crippen MR) is 84.9 cm³/mol. The first-order chi connectivity index (χ1) is 10.3. The molecule has 5 nitrogen and oxygen atoms in total. The van der Waals surface area contributed by atoms with Gasteiger partial charge in [0.15, 0.2) is 16.7 Å². The van der Waals surface area contributed by atoms with Gasteiger partial charge in [-0.05, 0) is 24.5 Å². The molecule has 2 aromatic rings. The van der Waals surface area contributed by atoms with Crippen molar-refractivity contribution in [3.05, 3.63) is 24.3 Å². The summed E-state index contributed by atoms with van der Waals surface area (Å²) in [5, 5.41) is 4.71. The summed E-state index contributed by atoms with van der Waals surface area (Å²) in [5.41, 5.74) is 0. The summed E-state index contributed by atoms with van der Waals surface area (Å²) in [6, 6.07) is 7.87. The molecule has 0 saturated heterocycles. The Labute approximate surface area is 131 Å². The number of hydrogen-bond acceptors (Lipinski definition) is 7. The zero-order valence-electron chi connectivity index (χ0n) is 11.8. The van der Waals surface area contributed by atoms with Gasteiger partial charge in [0.05, 0.1) is 0 Å². The van der Waals surface area contributed by atoms with Crippen molar-refractivity contribution in [3.8, 4) is 11.5 Å². The van der Waals surface area contributed by atoms with Crippen LogP contribution in [-0.2, 0) is 0 Å². The van der Waals surface area contributed by atoms with Crippen LogP contribution in [0.4, 0.5) is 5.82 Å². The average Bonchev–Trinajstić information content (AvgIpc) is 2.54. The van der Waals surface area contributed by atoms with Gasteiger partial charge in [0.1, 0.15) is 24.1 Å². The minimum Gasteiger partial charge on any atom is -0.486 e. The fourth-order valence-electron chi connectivity index (χ4n) is 1.88. The minimum absolute atomic E-state index is 0.592. The lowest BCUT2D eigenvalue weighted by Gasteiger charge is -2.18. The molecular weight excluding hydrogens is 306 g/mol. The smallest absolute Gasteiger partial charge is 0.190 e. The van der Waals surface area contributed by atoms with Gasteiger partial charge < -0.3 is 14.8 Å². The number of nitrogens with one attached hydrogen (secondary N) is 1. The first-order valence-electron chi connectivity index (χ1n) is 6.47. The molecular formula is C14H15N3O2S2. The number of fused-ring (bicyclic) bond motifs is 1. The second kappa shape index (κ2) is 6.44. The first kappa shape index (κ1) is 14.3. The van der Waals surface area contributed by atoms with Gasteiger partial charge in [0.25, 0.3) is 0 Å². The van der Waals surface area contributed by atoms with Crippen molar-refractivity contribution in [2.45, 2.75) is 15.1 Å². The van der Waals surface area contributed by atoms with Crippen molar-refractivity contribution < 1.29 is 9.47 Å². The third-order valence-electron chi connectivity index (χ3n) is 2.86. The molecule has 7 heteroatoms. The Balaban J connectivity index is 1.86. The molecule has 0 fully saturated rings. The van der Waals surface area contributed by atoms with E-state index in [1.54, 1.807) is 11.8 Å². The van der Waals surface area contributed by atoms with Gasteiger partial charge in [-0.2, -0.15) is 0 Å². The molecule has 1 aromatic heterocycles. The lowest BCUT2D eigenvalue weighted by atomic mass is 10.3. The van der Waals surface area contributed by atoms with Gasteiger partial charge in [0, 0.05) is 18.0 Å². The van der Waals surface area contributed by atoms with Crippen molar-refractivity contribution in [1.82, 2.24) is 9.97 Å². The highest BCUT2D eigenvalue weighted by Crippen LogP contribution is 2.36. The highest BCUT2D eigenvalue weighted by Gasteiger charge is 2.13. The summed E-state index contributed by atoms with van der Waals surface area (Å²) in [6.45, 7) is 1.20. The lowest BCUT2D eigenvalue weighted by molar-refractivity contribution is 0.171. The van der Waals surface area contributed by atoms with Crippen LogP contribution in [-0.4, -0.2) is 36.5 Å². The Morgan fingerprint density at radius 2 is 1.90 bits per heavy atom. The molecule has 0 saturated carbocycles. The monoisotopic (exact) mass is 321 g/mol. The van der Waals surface area contributed by atoms with E-state index in [1.807, 2.05) is 37.6 Å². The molecule has 0 spiro atoms. The number of hydrogen-bond donors (Lipinski definition) is 1. The van der Waals surface area contributed by atoms with Crippen LogP contribution in [0.3, 0.4) is 0 Å². The van der Waals surface area contributed by atoms with Gasteiger partial charge >= 0.3 is 0 Å². The molecule has 0 unspecified atom stereocenters. The Morgan fingerprint density at radius 3 is 2.67 bits per heavy atom. The van der Waals surface area contributed by atoms with Crippen LogP contribution in [0.2, 0.25) is 0 Å². The first-order valence-corrected chi connectivity index (χ1v) is 8.51. The molecule has 0 atom stereocenters. The predicted octanol–water partition coefficient (Wildman–Crippen LogP) is 3.16. The van der Waals surface area contributed by atoms with Gasteiger partial charge in [0.2, 0.25) is 0 Å². The fourth-order valence-corrected chi connectivity index (χ4v) is 3.17. The number of aromatic nitrogens is 2. The molecule has 1 N–H and O–H groups in total. The summed E-state index contributed by atoms with van der Waals surface area (Å²) in [4.78, 5) is 9.94. The molecule has 1 aliphatic heterocycles. The normalized spacial score (nSPS) is 13.0. The van der Waals surface area contributed by atoms with Crippen LogP contribution < -0.4 is 14.8 Å². The maximum Gasteiger partial charge on any atom is 0.190 e.